The first-order chi connectivity index (χ1) is 10.9. The summed E-state index contributed by atoms with van der Waals surface area (Å²) in [4.78, 5) is 38.6. The predicted molar refractivity (Wildman–Crippen MR) is 85.5 cm³/mol. The number of methoxy groups -OCH3 is 1. The van der Waals surface area contributed by atoms with Crippen LogP contribution in [0.1, 0.15) is 52.4 Å². The fourth-order valence-corrected chi connectivity index (χ4v) is 3.24. The Morgan fingerprint density at radius 3 is 2.22 bits per heavy atom. The van der Waals surface area contributed by atoms with Crippen molar-refractivity contribution in [2.75, 3.05) is 13.7 Å². The number of hydrogen-bond acceptors (Lipinski definition) is 4. The average Bonchev–Trinajstić information content (AvgIpc) is 3.34. The van der Waals surface area contributed by atoms with Gasteiger partial charge in [0.25, 0.3) is 0 Å². The lowest BCUT2D eigenvalue weighted by atomic mass is 9.78. The van der Waals surface area contributed by atoms with Gasteiger partial charge in [-0.3, -0.25) is 14.4 Å². The second-order valence-corrected chi connectivity index (χ2v) is 6.92. The Balaban J connectivity index is 2.04. The van der Waals surface area contributed by atoms with Gasteiger partial charge >= 0.3 is 5.97 Å². The lowest BCUT2D eigenvalue weighted by Crippen LogP contribution is -2.49. The normalized spacial score (nSPS) is 24.2. The van der Waals surface area contributed by atoms with Crippen molar-refractivity contribution in [3.05, 3.63) is 0 Å². The van der Waals surface area contributed by atoms with Crippen molar-refractivity contribution in [1.29, 1.82) is 0 Å². The Bertz CT molecular complexity index is 460. The molecule has 2 rings (SSSR count). The van der Waals surface area contributed by atoms with E-state index < -0.39 is 0 Å². The third-order valence-electron chi connectivity index (χ3n) is 4.75. The second-order valence-electron chi connectivity index (χ2n) is 6.92. The van der Waals surface area contributed by atoms with E-state index >= 15 is 0 Å². The summed E-state index contributed by atoms with van der Waals surface area (Å²) in [5.41, 5.74) is 0. The number of carbonyl (C=O) groups excluding carboxylic acids is 3. The third-order valence-corrected chi connectivity index (χ3v) is 4.75. The summed E-state index contributed by atoms with van der Waals surface area (Å²) in [6.45, 7) is 3.87. The molecule has 0 bridgehead atoms. The summed E-state index contributed by atoms with van der Waals surface area (Å²) >= 11 is 0. The number of rotatable bonds is 6. The molecule has 0 saturated heterocycles. The minimum atomic E-state index is -0.381. The molecule has 0 aliphatic heterocycles. The van der Waals surface area contributed by atoms with Crippen LogP contribution in [-0.4, -0.2) is 48.4 Å². The van der Waals surface area contributed by atoms with Crippen LogP contribution in [0.3, 0.4) is 0 Å². The van der Waals surface area contributed by atoms with E-state index in [0.29, 0.717) is 12.8 Å². The summed E-state index contributed by atoms with van der Waals surface area (Å²) < 4.78 is 4.86. The predicted octanol–water partition coefficient (Wildman–Crippen LogP) is 1.48. The molecule has 1 unspecified atom stereocenters. The van der Waals surface area contributed by atoms with E-state index in [4.69, 9.17) is 4.74 Å². The molecule has 130 valence electrons. The van der Waals surface area contributed by atoms with Gasteiger partial charge in [-0.15, -0.1) is 0 Å². The van der Waals surface area contributed by atoms with Crippen LogP contribution >= 0.6 is 0 Å². The highest BCUT2D eigenvalue weighted by Crippen LogP contribution is 2.32. The van der Waals surface area contributed by atoms with Crippen molar-refractivity contribution in [3.63, 3.8) is 0 Å². The minimum absolute atomic E-state index is 0.0669. The fourth-order valence-electron chi connectivity index (χ4n) is 3.24. The molecule has 1 N–H and O–H groups in total. The molecule has 0 heterocycles. The van der Waals surface area contributed by atoms with Crippen LogP contribution in [0, 0.1) is 11.8 Å². The van der Waals surface area contributed by atoms with E-state index in [-0.39, 0.29) is 48.2 Å². The maximum Gasteiger partial charge on any atom is 0.309 e. The van der Waals surface area contributed by atoms with Gasteiger partial charge in [-0.25, -0.2) is 0 Å². The van der Waals surface area contributed by atoms with Crippen molar-refractivity contribution in [3.8, 4) is 0 Å². The zero-order chi connectivity index (χ0) is 17.0. The molecule has 2 aliphatic rings. The topological polar surface area (TPSA) is 75.7 Å². The van der Waals surface area contributed by atoms with E-state index in [0.717, 1.165) is 25.7 Å². The number of nitrogens with zero attached hydrogens (tertiary/aromatic N) is 1. The molecule has 2 saturated carbocycles. The molecule has 0 spiro atoms. The number of amides is 2. The summed E-state index contributed by atoms with van der Waals surface area (Å²) in [5, 5.41) is 2.92. The molecule has 0 aromatic heterocycles. The number of ether oxygens (including phenoxy) is 1. The van der Waals surface area contributed by atoms with Gasteiger partial charge in [0.2, 0.25) is 11.8 Å². The Morgan fingerprint density at radius 1 is 1.09 bits per heavy atom. The molecule has 0 aromatic carbocycles. The lowest BCUT2D eigenvalue weighted by molar-refractivity contribution is -0.156. The van der Waals surface area contributed by atoms with E-state index in [9.17, 15) is 14.4 Å². The standard InChI is InChI=1S/C17H28N2O4/c1-11(2)19(10-15(20)18-12-8-9-12)16(21)13-6-4-5-7-14(13)17(22)23-3/h11-14H,4-10H2,1-3H3,(H,18,20)/t13?,14-/m1/s1. The van der Waals surface area contributed by atoms with Crippen LogP contribution in [0.25, 0.3) is 0 Å². The number of carbonyl (C=O) groups is 3. The Morgan fingerprint density at radius 2 is 1.70 bits per heavy atom. The summed E-state index contributed by atoms with van der Waals surface area (Å²) in [6.07, 6.45) is 5.29. The highest BCUT2D eigenvalue weighted by molar-refractivity contribution is 5.89. The summed E-state index contributed by atoms with van der Waals surface area (Å²) in [6, 6.07) is 0.205. The van der Waals surface area contributed by atoms with Crippen LogP contribution in [0.5, 0.6) is 0 Å². The molecule has 6 heteroatoms. The van der Waals surface area contributed by atoms with Crippen molar-refractivity contribution in [1.82, 2.24) is 10.2 Å². The molecule has 0 aromatic rings. The minimum Gasteiger partial charge on any atom is -0.469 e. The van der Waals surface area contributed by atoms with Crippen LogP contribution in [-0.2, 0) is 19.1 Å². The smallest absolute Gasteiger partial charge is 0.309 e. The van der Waals surface area contributed by atoms with Crippen LogP contribution in [0.15, 0.2) is 0 Å². The van der Waals surface area contributed by atoms with Gasteiger partial charge < -0.3 is 15.0 Å². The molecule has 6 nitrogen and oxygen atoms in total. The quantitative estimate of drug-likeness (QED) is 0.751. The highest BCUT2D eigenvalue weighted by atomic mass is 16.5. The molecule has 2 atom stereocenters. The maximum absolute atomic E-state index is 12.9. The second kappa shape index (κ2) is 7.79. The Hall–Kier alpha value is -1.59. The van der Waals surface area contributed by atoms with Gasteiger partial charge in [-0.1, -0.05) is 12.8 Å². The zero-order valence-corrected chi connectivity index (χ0v) is 14.3. The monoisotopic (exact) mass is 324 g/mol. The highest BCUT2D eigenvalue weighted by Gasteiger charge is 2.39. The Labute approximate surface area is 137 Å². The number of esters is 1. The SMILES string of the molecule is COC(=O)[C@@H]1CCCCC1C(=O)N(CC(=O)NC1CC1)C(C)C. The van der Waals surface area contributed by atoms with Gasteiger partial charge in [0.1, 0.15) is 0 Å². The molecule has 23 heavy (non-hydrogen) atoms. The Kier molecular flexibility index (Phi) is 6.02. The average molecular weight is 324 g/mol. The number of nitrogens with one attached hydrogen (secondary N) is 1. The zero-order valence-electron chi connectivity index (χ0n) is 14.3. The molecule has 2 aliphatic carbocycles. The molecular weight excluding hydrogens is 296 g/mol. The van der Waals surface area contributed by atoms with Gasteiger partial charge in [0.05, 0.1) is 25.5 Å². The van der Waals surface area contributed by atoms with E-state index in [1.54, 1.807) is 4.90 Å². The third kappa shape index (κ3) is 4.69. The van der Waals surface area contributed by atoms with Gasteiger partial charge in [-0.2, -0.15) is 0 Å². The summed E-state index contributed by atoms with van der Waals surface area (Å²) in [5.74, 6) is -1.27. The van der Waals surface area contributed by atoms with Gasteiger partial charge in [0.15, 0.2) is 0 Å². The van der Waals surface area contributed by atoms with Gasteiger partial charge in [-0.05, 0) is 39.5 Å². The van der Waals surface area contributed by atoms with E-state index in [1.165, 1.54) is 7.11 Å². The largest absolute Gasteiger partial charge is 0.469 e. The first kappa shape index (κ1) is 17.8. The van der Waals surface area contributed by atoms with Crippen LogP contribution < -0.4 is 5.32 Å². The van der Waals surface area contributed by atoms with Gasteiger partial charge in [0, 0.05) is 12.1 Å². The van der Waals surface area contributed by atoms with Crippen molar-refractivity contribution < 1.29 is 19.1 Å². The van der Waals surface area contributed by atoms with E-state index in [2.05, 4.69) is 5.32 Å². The maximum atomic E-state index is 12.9. The van der Waals surface area contributed by atoms with E-state index in [1.807, 2.05) is 13.8 Å². The summed E-state index contributed by atoms with van der Waals surface area (Å²) in [7, 11) is 1.36. The van der Waals surface area contributed by atoms with Crippen molar-refractivity contribution in [2.24, 2.45) is 11.8 Å². The van der Waals surface area contributed by atoms with Crippen LogP contribution in [0.4, 0.5) is 0 Å². The lowest BCUT2D eigenvalue weighted by Gasteiger charge is -2.35. The molecule has 0 radical (unpaired) electrons. The van der Waals surface area contributed by atoms with Crippen LogP contribution in [0.2, 0.25) is 0 Å². The molecule has 2 amide bonds. The molecule has 2 fully saturated rings. The fraction of sp³-hybridized carbons (Fsp3) is 0.824. The first-order valence-electron chi connectivity index (χ1n) is 8.61. The molecular formula is C17H28N2O4. The number of hydrogen-bond donors (Lipinski definition) is 1. The van der Waals surface area contributed by atoms with Crippen molar-refractivity contribution in [2.45, 2.75) is 64.5 Å². The van der Waals surface area contributed by atoms with Crippen molar-refractivity contribution >= 4 is 17.8 Å². The first-order valence-corrected chi connectivity index (χ1v) is 8.61.